The molecule has 4 aromatic heterocycles. The van der Waals surface area contributed by atoms with Crippen LogP contribution in [0.3, 0.4) is 0 Å². The minimum atomic E-state index is -4.76. The fraction of sp³-hybridized carbons (Fsp3) is 0.755. The summed E-state index contributed by atoms with van der Waals surface area (Å²) in [5.41, 5.74) is 13.1. The maximum absolute atomic E-state index is 14.5. The van der Waals surface area contributed by atoms with Gasteiger partial charge in [0, 0.05) is 13.5 Å². The highest BCUT2D eigenvalue weighted by Gasteiger charge is 2.79. The molecule has 4 aromatic rings. The number of nitrogens with one attached hydrogen (secondary N) is 2. The summed E-state index contributed by atoms with van der Waals surface area (Å²) in [4.78, 5) is 34.0. The van der Waals surface area contributed by atoms with Crippen LogP contribution in [0.1, 0.15) is 124 Å². The third-order valence-electron chi connectivity index (χ3n) is 18.8. The zero-order chi connectivity index (χ0) is 53.1. The summed E-state index contributed by atoms with van der Waals surface area (Å²) in [6, 6.07) is -0.919. The number of rotatable bonds is 18. The van der Waals surface area contributed by atoms with Crippen LogP contribution in [0.15, 0.2) is 24.3 Å². The molecule has 0 aromatic carbocycles. The smallest absolute Gasteiger partial charge is 0.390 e. The number of nitrogens with two attached hydrogens (primary N) is 2. The zero-order valence-electron chi connectivity index (χ0n) is 43.3. The number of hydrogen-bond donors (Lipinski definition) is 7. The molecule has 0 radical (unpaired) electrons. The van der Waals surface area contributed by atoms with Gasteiger partial charge in [-0.1, -0.05) is 90.0 Å². The molecule has 412 valence electrons. The van der Waals surface area contributed by atoms with Crippen LogP contribution in [0.2, 0.25) is 0 Å². The summed E-state index contributed by atoms with van der Waals surface area (Å²) in [5.74, 6) is 4.24. The molecule has 7 aliphatic rings. The van der Waals surface area contributed by atoms with E-state index in [1.54, 1.807) is 9.13 Å². The fourth-order valence-corrected chi connectivity index (χ4v) is 17.6. The average molecular weight is 1120 g/mol. The van der Waals surface area contributed by atoms with Crippen LogP contribution in [-0.2, 0) is 41.2 Å². The van der Waals surface area contributed by atoms with Gasteiger partial charge in [-0.05, 0) is 97.7 Å². The van der Waals surface area contributed by atoms with Gasteiger partial charge in [-0.3, -0.25) is 27.2 Å². The first-order chi connectivity index (χ1) is 35.6. The molecule has 2 aliphatic heterocycles. The van der Waals surface area contributed by atoms with Crippen LogP contribution in [0.5, 0.6) is 0 Å². The molecule has 0 spiro atoms. The maximum atomic E-state index is 14.5. The van der Waals surface area contributed by atoms with Gasteiger partial charge in [0.15, 0.2) is 21.2 Å². The fourth-order valence-electron chi connectivity index (χ4n) is 15.0. The van der Waals surface area contributed by atoms with Crippen molar-refractivity contribution >= 4 is 74.3 Å². The Morgan fingerprint density at radius 3 is 2.27 bits per heavy atom. The lowest BCUT2D eigenvalue weighted by molar-refractivity contribution is -0.0753. The van der Waals surface area contributed by atoms with Crippen LogP contribution in [0.4, 0.5) is 11.9 Å². The number of anilines is 2. The topological polar surface area (TPSA) is 304 Å². The second-order valence-electron chi connectivity index (χ2n) is 23.4. The highest BCUT2D eigenvalue weighted by atomic mass is 32.1. The normalized spacial score (nSPS) is 38.2. The monoisotopic (exact) mass is 1120 g/mol. The molecule has 9 N–H and O–H groups in total. The van der Waals surface area contributed by atoms with E-state index >= 15 is 0 Å². The number of aromatic nitrogens is 8. The molecule has 6 heterocycles. The largest absolute Gasteiger partial charge is 0.475 e. The van der Waals surface area contributed by atoms with Gasteiger partial charge in [0.2, 0.25) is 0 Å². The van der Waals surface area contributed by atoms with E-state index in [-0.39, 0.29) is 33.0 Å². The molecule has 0 amide bonds. The van der Waals surface area contributed by atoms with Crippen molar-refractivity contribution in [3.8, 4) is 0 Å². The highest BCUT2D eigenvalue weighted by molar-refractivity contribution is 7.71. The second-order valence-corrected chi connectivity index (χ2v) is 27.3. The van der Waals surface area contributed by atoms with Gasteiger partial charge in [0.05, 0.1) is 44.1 Å². The number of H-pyrrole nitrogens is 2. The molecule has 75 heavy (non-hydrogen) atoms. The van der Waals surface area contributed by atoms with Gasteiger partial charge in [-0.2, -0.15) is 0 Å². The summed E-state index contributed by atoms with van der Waals surface area (Å²) in [5, 5.41) is 23.6. The number of nitrogens with zero attached hydrogens (tertiary/aromatic N) is 6. The molecule has 0 bridgehead atoms. The quantitative estimate of drug-likeness (QED) is 0.0279. The summed E-state index contributed by atoms with van der Waals surface area (Å²) >= 11 is 10.7. The molecule has 2 saturated heterocycles. The number of fused-ring (bicyclic) bond motifs is 8. The Kier molecular flexibility index (Phi) is 14.3. The number of phosphoric acid groups is 2. The molecule has 6 fully saturated rings. The standard InChI is InChI=1S/C49H72N10O12P2S2/c1-24(2)8-7-9-25(3)29-12-13-30-28-11-10-26-18-27(14-16-47(26,4)31(28)15-17-48(29,30)5)70-72(62,63)66-21-34-39(49(61)38(40(49)69-34)59-23-53-37-42(59)55-46(51)57-44(37)75)71-73(64,65-6)67-20-33-32(60)19-35(68-33)58-22-52-36-41(58)54-45(50)56-43(36)74/h10,22-25,27-35,38-40,60-61H,7-9,11-21H2,1-6H3,(H,62,63)(H3,50,54,56,74)(H3,51,55,57,75)/t25-,27+,28+,29-,30+,31+,32?,33-,34-,35-,38-,39?,40+,47+,48-,49?,73?/m1/s1. The van der Waals surface area contributed by atoms with Crippen LogP contribution in [-0.4, -0.2) is 117 Å². The van der Waals surface area contributed by atoms with Crippen molar-refractivity contribution in [1.29, 1.82) is 0 Å². The Hall–Kier alpha value is -3.06. The van der Waals surface area contributed by atoms with E-state index in [4.69, 9.17) is 68.0 Å². The van der Waals surface area contributed by atoms with Crippen LogP contribution in [0.25, 0.3) is 22.3 Å². The van der Waals surface area contributed by atoms with Crippen molar-refractivity contribution < 1.29 is 56.3 Å². The van der Waals surface area contributed by atoms with Crippen LogP contribution in [0, 0.1) is 55.6 Å². The van der Waals surface area contributed by atoms with Gasteiger partial charge in [-0.25, -0.2) is 29.1 Å². The van der Waals surface area contributed by atoms with E-state index in [2.05, 4.69) is 70.6 Å². The van der Waals surface area contributed by atoms with Gasteiger partial charge in [-0.15, -0.1) is 0 Å². The van der Waals surface area contributed by atoms with Crippen molar-refractivity contribution in [3.63, 3.8) is 0 Å². The number of aliphatic hydroxyl groups is 2. The molecule has 11 rings (SSSR count). The van der Waals surface area contributed by atoms with Crippen LogP contribution >= 0.6 is 40.1 Å². The first-order valence-corrected chi connectivity index (χ1v) is 30.3. The molecule has 4 saturated carbocycles. The van der Waals surface area contributed by atoms with E-state index in [0.29, 0.717) is 58.3 Å². The SMILES string of the molecule is COP(=O)(OC[C@H]1O[C@@H](n2cnc3c(=S)nc(N)[nH]c32)CC1O)OC1[C@@H](COP(=O)(O)O[C@H]2CC[C@@]3(C)C(=CC[C@H]4[C@@H]5CC[C@H]([C@H](C)CCCC(C)C)[C@@]5(C)CC[C@@H]43)C2)O[C@H]2[C@@H](n3cnc4c(=S)nc(N)[nH]c43)C12O. The molecule has 26 heteroatoms. The number of nitrogen functional groups attached to an aromatic ring is 2. The summed E-state index contributed by atoms with van der Waals surface area (Å²) in [6.07, 6.45) is 10.0. The van der Waals surface area contributed by atoms with Gasteiger partial charge >= 0.3 is 15.6 Å². The lowest BCUT2D eigenvalue weighted by atomic mass is 9.47. The molecular weight excluding hydrogens is 1050 g/mol. The Balaban J connectivity index is 0.763. The van der Waals surface area contributed by atoms with Crippen molar-refractivity contribution in [2.75, 3.05) is 31.8 Å². The van der Waals surface area contributed by atoms with Gasteiger partial charge in [0.25, 0.3) is 0 Å². The zero-order valence-corrected chi connectivity index (χ0v) is 46.7. The average Bonchev–Trinajstić information content (AvgIpc) is 4.01. The summed E-state index contributed by atoms with van der Waals surface area (Å²) in [6.45, 7) is 11.1. The Bertz CT molecular complexity index is 3080. The second kappa shape index (κ2) is 19.9. The number of hydrogen-bond acceptors (Lipinski definition) is 19. The molecule has 5 unspecified atom stereocenters. The molecular formula is C49H72N10O12P2S2. The minimum absolute atomic E-state index is 0.00845. The van der Waals surface area contributed by atoms with Crippen molar-refractivity contribution in [1.82, 2.24) is 39.0 Å². The number of ether oxygens (including phenoxy) is 2. The molecule has 18 atom stereocenters. The first-order valence-electron chi connectivity index (χ1n) is 26.6. The predicted octanol–water partition coefficient (Wildman–Crippen LogP) is 8.56. The predicted molar refractivity (Wildman–Crippen MR) is 281 cm³/mol. The molecule has 22 nitrogen and oxygen atoms in total. The lowest BCUT2D eigenvalue weighted by Crippen LogP contribution is -2.51. The third kappa shape index (κ3) is 9.55. The number of allylic oxidation sites excluding steroid dienone is 1. The van der Waals surface area contributed by atoms with Gasteiger partial charge in [0.1, 0.15) is 58.6 Å². The number of imidazole rings is 2. The highest BCUT2D eigenvalue weighted by Crippen LogP contribution is 2.69. The van der Waals surface area contributed by atoms with Crippen molar-refractivity contribution in [2.45, 2.75) is 166 Å². The maximum Gasteiger partial charge on any atom is 0.475 e. The van der Waals surface area contributed by atoms with Crippen molar-refractivity contribution in [3.05, 3.63) is 33.6 Å². The van der Waals surface area contributed by atoms with E-state index in [1.165, 1.54) is 63.2 Å². The summed E-state index contributed by atoms with van der Waals surface area (Å²) < 4.78 is 73.4. The number of phosphoric ester groups is 2. The van der Waals surface area contributed by atoms with Crippen molar-refractivity contribution in [2.24, 2.45) is 46.3 Å². The third-order valence-corrected chi connectivity index (χ3v) is 21.8. The summed E-state index contributed by atoms with van der Waals surface area (Å²) in [7, 11) is -8.33. The Morgan fingerprint density at radius 2 is 1.57 bits per heavy atom. The van der Waals surface area contributed by atoms with E-state index in [9.17, 15) is 24.2 Å². The van der Waals surface area contributed by atoms with E-state index in [1.807, 2.05) is 0 Å². The molecule has 5 aliphatic carbocycles. The minimum Gasteiger partial charge on any atom is -0.390 e. The first kappa shape index (κ1) is 53.9. The van der Waals surface area contributed by atoms with Crippen LogP contribution < -0.4 is 11.5 Å². The Labute approximate surface area is 445 Å². The van der Waals surface area contributed by atoms with E-state index < -0.39 is 83.4 Å². The number of aromatic amines is 2. The lowest BCUT2D eigenvalue weighted by Gasteiger charge is -2.58. The van der Waals surface area contributed by atoms with E-state index in [0.717, 1.165) is 37.7 Å². The Morgan fingerprint density at radius 1 is 0.893 bits per heavy atom. The van der Waals surface area contributed by atoms with Gasteiger partial charge < -0.3 is 50.6 Å². The number of aliphatic hydroxyl groups excluding tert-OH is 1.